The number of fused-ring (bicyclic) bond motifs is 5. The topological polar surface area (TPSA) is 65.1 Å². The van der Waals surface area contributed by atoms with Crippen LogP contribution in [0, 0.1) is 34.5 Å². The molecule has 0 aromatic heterocycles. The van der Waals surface area contributed by atoms with Crippen LogP contribution in [0.4, 0.5) is 0 Å². The highest BCUT2D eigenvalue weighted by molar-refractivity contribution is 5.69. The maximum Gasteiger partial charge on any atom is 0.306 e. The van der Waals surface area contributed by atoms with Crippen molar-refractivity contribution in [1.29, 1.82) is 0 Å². The van der Waals surface area contributed by atoms with E-state index in [2.05, 4.69) is 32.7 Å². The summed E-state index contributed by atoms with van der Waals surface area (Å²) < 4.78 is 19.5. The van der Waals surface area contributed by atoms with Crippen molar-refractivity contribution in [2.24, 2.45) is 34.5 Å². The summed E-state index contributed by atoms with van der Waals surface area (Å²) in [6.07, 6.45) is 13.6. The van der Waals surface area contributed by atoms with Crippen molar-refractivity contribution >= 4 is 11.9 Å². The minimum atomic E-state index is -0.140. The molecule has 6 rings (SSSR count). The molecule has 0 aromatic carbocycles. The second-order valence-corrected chi connectivity index (χ2v) is 16.0. The Morgan fingerprint density at radius 2 is 1.69 bits per heavy atom. The van der Waals surface area contributed by atoms with Crippen molar-refractivity contribution in [1.82, 2.24) is 4.90 Å². The summed E-state index contributed by atoms with van der Waals surface area (Å²) in [6, 6.07) is 0.703. The second kappa shape index (κ2) is 12.0. The van der Waals surface area contributed by atoms with Crippen LogP contribution in [0.2, 0.25) is 0 Å². The largest absolute Gasteiger partial charge is 0.461 e. The average Bonchev–Trinajstić information content (AvgIpc) is 3.26. The van der Waals surface area contributed by atoms with Crippen LogP contribution < -0.4 is 0 Å². The predicted molar refractivity (Wildman–Crippen MR) is 163 cm³/mol. The lowest BCUT2D eigenvalue weighted by atomic mass is 9.44. The van der Waals surface area contributed by atoms with Gasteiger partial charge in [0.1, 0.15) is 12.1 Å². The molecule has 0 bridgehead atoms. The summed E-state index contributed by atoms with van der Waals surface area (Å²) in [6.45, 7) is 14.6. The Labute approximate surface area is 255 Å². The van der Waals surface area contributed by atoms with Gasteiger partial charge in [0.2, 0.25) is 0 Å². The molecule has 42 heavy (non-hydrogen) atoms. The van der Waals surface area contributed by atoms with Crippen molar-refractivity contribution in [2.75, 3.05) is 46.4 Å². The van der Waals surface area contributed by atoms with Gasteiger partial charge in [-0.25, -0.2) is 0 Å². The Balaban J connectivity index is 1.29. The van der Waals surface area contributed by atoms with Crippen LogP contribution in [0.3, 0.4) is 0 Å². The molecule has 0 spiro atoms. The number of nitrogens with zero attached hydrogens (tertiary/aromatic N) is 2. The van der Waals surface area contributed by atoms with E-state index in [1.165, 1.54) is 58.0 Å². The molecule has 10 atom stereocenters. The summed E-state index contributed by atoms with van der Waals surface area (Å²) in [5.41, 5.74) is 0.315. The monoisotopic (exact) mass is 587 g/mol. The van der Waals surface area contributed by atoms with Crippen LogP contribution in [0.25, 0.3) is 0 Å². The van der Waals surface area contributed by atoms with Gasteiger partial charge < -0.3 is 18.7 Å². The van der Waals surface area contributed by atoms with Gasteiger partial charge in [0.05, 0.1) is 33.4 Å². The molecule has 7 nitrogen and oxygen atoms in total. The quantitative estimate of drug-likeness (QED) is 0.298. The molecule has 4 aliphatic carbocycles. The molecule has 4 saturated carbocycles. The number of likely N-dealkylation sites (tertiary alicyclic amines) is 1. The maximum atomic E-state index is 13.1. The Morgan fingerprint density at radius 1 is 0.952 bits per heavy atom. The third-order valence-electron chi connectivity index (χ3n) is 13.8. The number of piperidine rings is 1. The first-order valence-electron chi connectivity index (χ1n) is 17.6. The van der Waals surface area contributed by atoms with Crippen molar-refractivity contribution in [3.05, 3.63) is 0 Å². The van der Waals surface area contributed by atoms with Gasteiger partial charge in [-0.2, -0.15) is 0 Å². The zero-order valence-electron chi connectivity index (χ0n) is 27.3. The third-order valence-corrected chi connectivity index (χ3v) is 13.8. The Kier molecular flexibility index (Phi) is 8.78. The Morgan fingerprint density at radius 3 is 2.38 bits per heavy atom. The van der Waals surface area contributed by atoms with Crippen molar-refractivity contribution in [3.63, 3.8) is 0 Å². The van der Waals surface area contributed by atoms with Gasteiger partial charge in [-0.3, -0.25) is 14.5 Å². The molecule has 0 amide bonds. The molecular weight excluding hydrogens is 528 g/mol. The molecule has 2 heterocycles. The highest BCUT2D eigenvalue weighted by Gasteiger charge is 2.67. The molecule has 2 saturated heterocycles. The lowest BCUT2D eigenvalue weighted by Gasteiger charge is -2.62. The molecule has 0 radical (unpaired) electrons. The molecule has 6 fully saturated rings. The number of carbonyl (C=O) groups is 2. The van der Waals surface area contributed by atoms with E-state index in [-0.39, 0.29) is 41.0 Å². The van der Waals surface area contributed by atoms with Gasteiger partial charge in [0.25, 0.3) is 0 Å². The third kappa shape index (κ3) is 5.36. The van der Waals surface area contributed by atoms with Crippen LogP contribution in [-0.4, -0.2) is 92.1 Å². The van der Waals surface area contributed by atoms with Crippen LogP contribution in [0.5, 0.6) is 0 Å². The minimum absolute atomic E-state index is 0.00847. The zero-order chi connectivity index (χ0) is 29.7. The molecule has 7 heteroatoms. The summed E-state index contributed by atoms with van der Waals surface area (Å²) in [7, 11) is 2.48. The molecular formula is C35H59N2O5+. The van der Waals surface area contributed by atoms with Gasteiger partial charge in [-0.1, -0.05) is 20.8 Å². The molecule has 238 valence electrons. The number of rotatable bonds is 6. The maximum absolute atomic E-state index is 13.1. The van der Waals surface area contributed by atoms with Gasteiger partial charge in [0.15, 0.2) is 6.10 Å². The average molecular weight is 588 g/mol. The van der Waals surface area contributed by atoms with E-state index in [4.69, 9.17) is 14.2 Å². The smallest absolute Gasteiger partial charge is 0.306 e. The lowest BCUT2D eigenvalue weighted by molar-refractivity contribution is -0.940. The highest BCUT2D eigenvalue weighted by Crippen LogP contribution is 2.67. The lowest BCUT2D eigenvalue weighted by Crippen LogP contribution is -2.62. The number of carbonyl (C=O) groups excluding carboxylic acids is 2. The fourth-order valence-corrected chi connectivity index (χ4v) is 11.6. The second-order valence-electron chi connectivity index (χ2n) is 16.0. The van der Waals surface area contributed by atoms with Gasteiger partial charge in [-0.15, -0.1) is 0 Å². The van der Waals surface area contributed by atoms with Gasteiger partial charge in [0, 0.05) is 44.3 Å². The fourth-order valence-electron chi connectivity index (χ4n) is 11.6. The van der Waals surface area contributed by atoms with Crippen LogP contribution in [0.15, 0.2) is 0 Å². The van der Waals surface area contributed by atoms with E-state index >= 15 is 0 Å². The van der Waals surface area contributed by atoms with E-state index < -0.39 is 0 Å². The first kappa shape index (κ1) is 30.8. The van der Waals surface area contributed by atoms with Crippen LogP contribution in [0.1, 0.15) is 105 Å². The summed E-state index contributed by atoms with van der Waals surface area (Å²) >= 11 is 0. The normalized spacial score (nSPS) is 45.3. The number of quaternary nitrogens is 1. The molecule has 6 aliphatic rings. The van der Waals surface area contributed by atoms with E-state index in [0.717, 1.165) is 56.5 Å². The zero-order valence-corrected chi connectivity index (χ0v) is 27.3. The number of likely N-dealkylation sites (N-methyl/N-ethyl adjacent to an activating group) is 1. The van der Waals surface area contributed by atoms with Crippen molar-refractivity contribution in [3.8, 4) is 0 Å². The number of hydrogen-bond donors (Lipinski definition) is 0. The van der Waals surface area contributed by atoms with E-state index in [1.807, 2.05) is 0 Å². The standard InChI is InChI=1S/C35H59N2O5/c1-6-10-32(39)42-33-30(37(5)17-8-7-9-18-37)22-28-26-12-11-25-21-31(41-24(2)38)29(36-15-19-40-20-16-36)23-35(25,4)27(26)13-14-34(28,33)3/h25-31,33H,6-23H2,1-5H3/q+1/t25-,26+,27-,28-,29-,30-,31-,33-,34-,35-/m0/s1. The van der Waals surface area contributed by atoms with Gasteiger partial charge in [-0.05, 0) is 93.3 Å². The molecule has 0 N–H and O–H groups in total. The summed E-state index contributed by atoms with van der Waals surface area (Å²) in [5, 5.41) is 0. The molecule has 0 aromatic rings. The number of ether oxygens (including phenoxy) is 3. The van der Waals surface area contributed by atoms with Crippen LogP contribution in [-0.2, 0) is 23.8 Å². The Hall–Kier alpha value is -1.18. The SMILES string of the molecule is CCCC(=O)O[C@H]1[C@@H]([N+]2(C)CCCCC2)C[C@H]2[C@@H]3CC[C@H]4C[C@H](OC(C)=O)[C@@H](N5CCOCC5)C[C@]4(C)[C@H]3CC[C@@]21C. The summed E-state index contributed by atoms with van der Waals surface area (Å²) in [5.74, 6) is 2.48. The van der Waals surface area contributed by atoms with Crippen molar-refractivity contribution in [2.45, 2.75) is 129 Å². The fraction of sp³-hybridized carbons (Fsp3) is 0.943. The van der Waals surface area contributed by atoms with Gasteiger partial charge >= 0.3 is 11.9 Å². The molecule has 2 aliphatic heterocycles. The molecule has 0 unspecified atom stereocenters. The van der Waals surface area contributed by atoms with E-state index in [1.54, 1.807) is 6.92 Å². The van der Waals surface area contributed by atoms with E-state index in [0.29, 0.717) is 36.1 Å². The van der Waals surface area contributed by atoms with E-state index in [9.17, 15) is 9.59 Å². The number of hydrogen-bond acceptors (Lipinski definition) is 6. The van der Waals surface area contributed by atoms with Crippen LogP contribution >= 0.6 is 0 Å². The first-order valence-corrected chi connectivity index (χ1v) is 17.6. The highest BCUT2D eigenvalue weighted by atomic mass is 16.5. The number of morpholine rings is 1. The van der Waals surface area contributed by atoms with Crippen molar-refractivity contribution < 1.29 is 28.3 Å². The summed E-state index contributed by atoms with van der Waals surface area (Å²) in [4.78, 5) is 27.9. The minimum Gasteiger partial charge on any atom is -0.461 e. The predicted octanol–water partition coefficient (Wildman–Crippen LogP) is 5.59. The number of esters is 2. The first-order chi connectivity index (χ1) is 20.1. The Bertz CT molecular complexity index is 992.